The van der Waals surface area contributed by atoms with Gasteiger partial charge in [0, 0.05) is 6.20 Å². The number of rotatable bonds is 6. The molecule has 0 aliphatic rings. The van der Waals surface area contributed by atoms with Crippen molar-refractivity contribution in [3.8, 4) is 0 Å². The number of hydrogen-bond acceptors (Lipinski definition) is 4. The lowest BCUT2D eigenvalue weighted by atomic mass is 10.3. The highest BCUT2D eigenvalue weighted by Crippen LogP contribution is 2.15. The van der Waals surface area contributed by atoms with Crippen molar-refractivity contribution < 1.29 is 22.7 Å². The molecule has 0 aliphatic carbocycles. The van der Waals surface area contributed by atoms with Gasteiger partial charge in [0.05, 0.1) is 23.8 Å². The molecule has 0 spiro atoms. The fraction of sp³-hybridized carbons (Fsp3) is 0.462. The molecule has 0 radical (unpaired) electrons. The summed E-state index contributed by atoms with van der Waals surface area (Å²) < 4.78 is 43.0. The number of nitrogens with one attached hydrogen (secondary N) is 1. The summed E-state index contributed by atoms with van der Waals surface area (Å²) in [6.07, 6.45) is 0.0146. The Morgan fingerprint density at radius 1 is 1.48 bits per heavy atom. The fourth-order valence-corrected chi connectivity index (χ4v) is 1.77. The van der Waals surface area contributed by atoms with Crippen LogP contribution in [-0.2, 0) is 16.3 Å². The summed E-state index contributed by atoms with van der Waals surface area (Å²) in [5.41, 5.74) is 1.15. The van der Waals surface area contributed by atoms with Crippen LogP contribution < -0.4 is 5.32 Å². The Morgan fingerprint density at radius 2 is 2.22 bits per heavy atom. The van der Waals surface area contributed by atoms with Gasteiger partial charge in [0.1, 0.15) is 19.4 Å². The molecule has 1 atom stereocenters. The number of amides is 1. The van der Waals surface area contributed by atoms with Gasteiger partial charge in [-0.25, -0.2) is 4.68 Å². The molecule has 2 aromatic rings. The van der Waals surface area contributed by atoms with Crippen LogP contribution in [0.2, 0.25) is 0 Å². The zero-order chi connectivity index (χ0) is 17.0. The van der Waals surface area contributed by atoms with Crippen LogP contribution in [0.4, 0.5) is 18.9 Å². The van der Waals surface area contributed by atoms with Crippen molar-refractivity contribution in [2.45, 2.75) is 32.8 Å². The van der Waals surface area contributed by atoms with Crippen LogP contribution in [0.3, 0.4) is 0 Å². The van der Waals surface area contributed by atoms with E-state index in [1.54, 1.807) is 19.2 Å². The van der Waals surface area contributed by atoms with E-state index >= 15 is 0 Å². The molecule has 2 heterocycles. The maximum Gasteiger partial charge on any atom is 0.411 e. The first-order valence-corrected chi connectivity index (χ1v) is 6.74. The Labute approximate surface area is 130 Å². The van der Waals surface area contributed by atoms with Crippen molar-refractivity contribution in [1.29, 1.82) is 0 Å². The van der Waals surface area contributed by atoms with Crippen molar-refractivity contribution in [3.63, 3.8) is 0 Å². The summed E-state index contributed by atoms with van der Waals surface area (Å²) in [7, 11) is 0. The van der Waals surface area contributed by atoms with Gasteiger partial charge < -0.3 is 10.1 Å². The SMILES string of the molecule is Cc1ccn(C(C)C(=O)Nc2cnn(COCC(F)(F)F)c2)n1. The minimum atomic E-state index is -4.39. The van der Waals surface area contributed by atoms with Gasteiger partial charge in [-0.15, -0.1) is 0 Å². The number of anilines is 1. The van der Waals surface area contributed by atoms with Gasteiger partial charge in [-0.2, -0.15) is 23.4 Å². The molecule has 126 valence electrons. The molecule has 1 N–H and O–H groups in total. The highest BCUT2D eigenvalue weighted by atomic mass is 19.4. The lowest BCUT2D eigenvalue weighted by molar-refractivity contribution is -0.182. The Bertz CT molecular complexity index is 665. The average molecular weight is 331 g/mol. The number of ether oxygens (including phenoxy) is 1. The van der Waals surface area contributed by atoms with E-state index in [4.69, 9.17) is 0 Å². The first-order valence-electron chi connectivity index (χ1n) is 6.74. The molecule has 7 nitrogen and oxygen atoms in total. The van der Waals surface area contributed by atoms with Crippen LogP contribution in [0.15, 0.2) is 24.7 Å². The third-order valence-electron chi connectivity index (χ3n) is 2.91. The van der Waals surface area contributed by atoms with E-state index in [9.17, 15) is 18.0 Å². The normalized spacial score (nSPS) is 13.1. The Morgan fingerprint density at radius 3 is 2.83 bits per heavy atom. The van der Waals surface area contributed by atoms with E-state index in [2.05, 4.69) is 20.3 Å². The minimum absolute atomic E-state index is 0.316. The number of carbonyl (C=O) groups excluding carboxylic acids is 1. The Balaban J connectivity index is 1.87. The van der Waals surface area contributed by atoms with Crippen molar-refractivity contribution in [1.82, 2.24) is 19.6 Å². The summed E-state index contributed by atoms with van der Waals surface area (Å²) in [5.74, 6) is -0.316. The fourth-order valence-electron chi connectivity index (χ4n) is 1.77. The highest BCUT2D eigenvalue weighted by molar-refractivity contribution is 5.93. The predicted molar refractivity (Wildman–Crippen MR) is 74.5 cm³/mol. The molecule has 10 heteroatoms. The molecule has 23 heavy (non-hydrogen) atoms. The third-order valence-corrected chi connectivity index (χ3v) is 2.91. The Kier molecular flexibility index (Phi) is 5.04. The molecule has 0 fully saturated rings. The molecule has 0 saturated carbocycles. The van der Waals surface area contributed by atoms with E-state index in [0.29, 0.717) is 5.69 Å². The van der Waals surface area contributed by atoms with Crippen LogP contribution in [0.1, 0.15) is 18.7 Å². The monoisotopic (exact) mass is 331 g/mol. The van der Waals surface area contributed by atoms with Gasteiger partial charge in [0.15, 0.2) is 0 Å². The van der Waals surface area contributed by atoms with E-state index < -0.39 is 18.8 Å². The van der Waals surface area contributed by atoms with E-state index in [-0.39, 0.29) is 12.6 Å². The van der Waals surface area contributed by atoms with Crippen molar-refractivity contribution in [2.24, 2.45) is 0 Å². The number of aryl methyl sites for hydroxylation is 1. The van der Waals surface area contributed by atoms with Crippen molar-refractivity contribution >= 4 is 11.6 Å². The zero-order valence-electron chi connectivity index (χ0n) is 12.5. The molecule has 2 rings (SSSR count). The van der Waals surface area contributed by atoms with E-state index in [1.807, 2.05) is 6.92 Å². The molecule has 0 saturated heterocycles. The topological polar surface area (TPSA) is 74.0 Å². The number of nitrogens with zero attached hydrogens (tertiary/aromatic N) is 4. The van der Waals surface area contributed by atoms with Crippen molar-refractivity contribution in [2.75, 3.05) is 11.9 Å². The molecule has 2 aromatic heterocycles. The molecular weight excluding hydrogens is 315 g/mol. The summed E-state index contributed by atoms with van der Waals surface area (Å²) >= 11 is 0. The van der Waals surface area contributed by atoms with Crippen LogP contribution >= 0.6 is 0 Å². The van der Waals surface area contributed by atoms with Crippen molar-refractivity contribution in [3.05, 3.63) is 30.4 Å². The van der Waals surface area contributed by atoms with Gasteiger partial charge in [-0.05, 0) is 19.9 Å². The van der Waals surface area contributed by atoms with Gasteiger partial charge in [-0.1, -0.05) is 0 Å². The second kappa shape index (κ2) is 6.82. The number of hydrogen-bond donors (Lipinski definition) is 1. The molecule has 0 aromatic carbocycles. The first kappa shape index (κ1) is 17.0. The number of halogens is 3. The van der Waals surface area contributed by atoms with Crippen LogP contribution in [-0.4, -0.2) is 38.3 Å². The largest absolute Gasteiger partial charge is 0.411 e. The molecule has 0 bridgehead atoms. The maximum atomic E-state index is 12.1. The van der Waals surface area contributed by atoms with Crippen LogP contribution in [0.5, 0.6) is 0 Å². The average Bonchev–Trinajstić information content (AvgIpc) is 3.06. The Hall–Kier alpha value is -2.36. The quantitative estimate of drug-likeness (QED) is 0.880. The van der Waals surface area contributed by atoms with Gasteiger partial charge >= 0.3 is 6.18 Å². The number of carbonyl (C=O) groups is 1. The van der Waals surface area contributed by atoms with E-state index in [1.165, 1.54) is 17.1 Å². The minimum Gasteiger partial charge on any atom is -0.350 e. The second-order valence-electron chi connectivity index (χ2n) is 4.96. The van der Waals surface area contributed by atoms with Gasteiger partial charge in [0.2, 0.25) is 5.91 Å². The molecule has 0 aliphatic heterocycles. The molecular formula is C13H16F3N5O2. The predicted octanol–water partition coefficient (Wildman–Crippen LogP) is 2.12. The van der Waals surface area contributed by atoms with Gasteiger partial charge in [0.25, 0.3) is 0 Å². The molecule has 1 unspecified atom stereocenters. The summed E-state index contributed by atoms with van der Waals surface area (Å²) in [6.45, 7) is 1.78. The number of aromatic nitrogens is 4. The molecule has 1 amide bonds. The smallest absolute Gasteiger partial charge is 0.350 e. The lowest BCUT2D eigenvalue weighted by Gasteiger charge is -2.11. The summed E-state index contributed by atoms with van der Waals surface area (Å²) in [6, 6.07) is 1.24. The summed E-state index contributed by atoms with van der Waals surface area (Å²) in [5, 5.41) is 10.6. The second-order valence-corrected chi connectivity index (χ2v) is 4.96. The standard InChI is InChI=1S/C13H16F3N5O2/c1-9-3-4-21(19-9)10(2)12(22)18-11-5-17-20(6-11)8-23-7-13(14,15)16/h3-6,10H,7-8H2,1-2H3,(H,18,22). The summed E-state index contributed by atoms with van der Waals surface area (Å²) in [4.78, 5) is 12.1. The first-order chi connectivity index (χ1) is 10.7. The maximum absolute atomic E-state index is 12.1. The highest BCUT2D eigenvalue weighted by Gasteiger charge is 2.27. The van der Waals surface area contributed by atoms with Crippen LogP contribution in [0, 0.1) is 6.92 Å². The number of alkyl halides is 3. The third kappa shape index (κ3) is 5.09. The van der Waals surface area contributed by atoms with E-state index in [0.717, 1.165) is 10.4 Å². The zero-order valence-corrected chi connectivity index (χ0v) is 12.5. The lowest BCUT2D eigenvalue weighted by Crippen LogP contribution is -2.24. The van der Waals surface area contributed by atoms with Crippen LogP contribution in [0.25, 0.3) is 0 Å². The van der Waals surface area contributed by atoms with Gasteiger partial charge in [-0.3, -0.25) is 9.48 Å².